The highest BCUT2D eigenvalue weighted by Crippen LogP contribution is 2.28. The first-order valence-electron chi connectivity index (χ1n) is 11.1. The monoisotopic (exact) mass is 483 g/mol. The lowest BCUT2D eigenvalue weighted by Crippen LogP contribution is -2.38. The van der Waals surface area contributed by atoms with E-state index in [-0.39, 0.29) is 22.8 Å². The number of hydrogen-bond acceptors (Lipinski definition) is 7. The summed E-state index contributed by atoms with van der Waals surface area (Å²) in [5.74, 6) is -0.333. The van der Waals surface area contributed by atoms with Crippen LogP contribution in [0.2, 0.25) is 0 Å². The van der Waals surface area contributed by atoms with Gasteiger partial charge in [-0.3, -0.25) is 19.2 Å². The fraction of sp³-hybridized carbons (Fsp3) is 0.348. The number of anilines is 1. The Bertz CT molecular complexity index is 1220. The molecule has 12 nitrogen and oxygen atoms in total. The molecule has 3 aromatic rings. The number of methoxy groups -OCH3 is 1. The summed E-state index contributed by atoms with van der Waals surface area (Å²) in [6, 6.07) is 11.0. The first-order valence-corrected chi connectivity index (χ1v) is 11.1. The fourth-order valence-electron chi connectivity index (χ4n) is 3.88. The highest BCUT2D eigenvalue weighted by Gasteiger charge is 2.21. The molecule has 2 heterocycles. The topological polar surface area (TPSA) is 138 Å². The number of amides is 2. The summed E-state index contributed by atoms with van der Waals surface area (Å²) in [7, 11) is 1.57. The van der Waals surface area contributed by atoms with Crippen molar-refractivity contribution in [1.29, 1.82) is 0 Å². The summed E-state index contributed by atoms with van der Waals surface area (Å²) in [5.41, 5.74) is 1.37. The van der Waals surface area contributed by atoms with Crippen molar-refractivity contribution in [2.45, 2.75) is 6.54 Å². The van der Waals surface area contributed by atoms with Gasteiger partial charge in [0.15, 0.2) is 5.69 Å². The van der Waals surface area contributed by atoms with Crippen molar-refractivity contribution in [3.8, 4) is 5.75 Å². The van der Waals surface area contributed by atoms with E-state index in [9.17, 15) is 14.5 Å². The van der Waals surface area contributed by atoms with E-state index in [0.717, 1.165) is 19.6 Å². The van der Waals surface area contributed by atoms with E-state index in [4.69, 9.17) is 14.7 Å². The Kier molecular flexibility index (Phi) is 7.53. The summed E-state index contributed by atoms with van der Waals surface area (Å²) >= 11 is 0. The number of hydrogen-bond donors (Lipinski definition) is 3. The summed E-state index contributed by atoms with van der Waals surface area (Å²) in [6.45, 7) is 4.12. The van der Waals surface area contributed by atoms with Gasteiger partial charge in [-0.2, -0.15) is 5.10 Å². The highest BCUT2D eigenvalue weighted by atomic mass is 16.6. The minimum Gasteiger partial charge on any atom is -0.494 e. The summed E-state index contributed by atoms with van der Waals surface area (Å²) < 4.78 is 12.7. The molecule has 1 fully saturated rings. The maximum absolute atomic E-state index is 13.0. The van der Waals surface area contributed by atoms with Crippen molar-refractivity contribution >= 4 is 34.1 Å². The summed E-state index contributed by atoms with van der Waals surface area (Å²) in [5, 5.41) is 19.3. The van der Waals surface area contributed by atoms with Crippen LogP contribution in [0.5, 0.6) is 5.75 Å². The molecule has 0 saturated carbocycles. The lowest BCUT2D eigenvalue weighted by Gasteiger charge is -2.26. The Balaban J connectivity index is 1.44. The van der Waals surface area contributed by atoms with Gasteiger partial charge in [-0.1, -0.05) is 12.1 Å². The first-order chi connectivity index (χ1) is 17.0. The minimum atomic E-state index is -0.485. The van der Waals surface area contributed by atoms with Crippen LogP contribution < -0.4 is 15.4 Å². The Morgan fingerprint density at radius 2 is 1.89 bits per heavy atom. The Labute approximate surface area is 200 Å². The SMILES string of the molecule is COc1cccc2c(C(=O)NCC(=O)Nc3ccc([N+](=O)O)cc3)nn(CCN3CCOCC3)c12. The van der Waals surface area contributed by atoms with Crippen LogP contribution in [-0.4, -0.2) is 83.1 Å². The number of benzene rings is 2. The molecule has 1 saturated heterocycles. The molecular formula is C23H27N6O6+. The average Bonchev–Trinajstić information content (AvgIpc) is 3.26. The van der Waals surface area contributed by atoms with E-state index >= 15 is 0 Å². The standard InChI is InChI=1S/C23H26N6O6/c1-34-19-4-2-3-18-21(26-28(22(18)19)10-9-27-11-13-35-14-12-27)23(31)24-15-20(30)25-16-5-7-17(8-6-16)29(32)33/h2-8H,9-15H2,1H3,(H2-,24,25,30,31,32,33)/p+1. The van der Waals surface area contributed by atoms with E-state index < -0.39 is 11.8 Å². The number of carbonyl (C=O) groups excluding carboxylic acids is 2. The molecule has 0 atom stereocenters. The molecule has 35 heavy (non-hydrogen) atoms. The molecule has 4 rings (SSSR count). The lowest BCUT2D eigenvalue weighted by atomic mass is 10.2. The third-order valence-corrected chi connectivity index (χ3v) is 5.68. The van der Waals surface area contributed by atoms with E-state index in [1.165, 1.54) is 24.3 Å². The third-order valence-electron chi connectivity index (χ3n) is 5.68. The van der Waals surface area contributed by atoms with E-state index in [2.05, 4.69) is 20.6 Å². The maximum atomic E-state index is 13.0. The van der Waals surface area contributed by atoms with Crippen molar-refractivity contribution in [3.63, 3.8) is 0 Å². The largest absolute Gasteiger partial charge is 0.494 e. The van der Waals surface area contributed by atoms with Crippen LogP contribution in [-0.2, 0) is 16.1 Å². The molecule has 1 aliphatic heterocycles. The van der Waals surface area contributed by atoms with Crippen molar-refractivity contribution in [2.75, 3.05) is 51.8 Å². The van der Waals surface area contributed by atoms with Crippen LogP contribution in [0.4, 0.5) is 11.4 Å². The van der Waals surface area contributed by atoms with Crippen molar-refractivity contribution in [2.24, 2.45) is 0 Å². The smallest absolute Gasteiger partial charge is 0.316 e. The highest BCUT2D eigenvalue weighted by molar-refractivity contribution is 6.07. The zero-order chi connectivity index (χ0) is 24.8. The molecule has 2 amide bonds. The molecule has 0 radical (unpaired) electrons. The number of aromatic nitrogens is 2. The quantitative estimate of drug-likeness (QED) is 0.390. The van der Waals surface area contributed by atoms with Crippen LogP contribution in [0.15, 0.2) is 42.5 Å². The van der Waals surface area contributed by atoms with Gasteiger partial charge in [0, 0.05) is 42.8 Å². The fourth-order valence-corrected chi connectivity index (χ4v) is 3.88. The van der Waals surface area contributed by atoms with Crippen molar-refractivity contribution in [1.82, 2.24) is 20.0 Å². The van der Waals surface area contributed by atoms with Gasteiger partial charge in [0.25, 0.3) is 10.8 Å². The number of fused-ring (bicyclic) bond motifs is 1. The van der Waals surface area contributed by atoms with Crippen molar-refractivity contribution in [3.05, 3.63) is 53.1 Å². The van der Waals surface area contributed by atoms with Gasteiger partial charge >= 0.3 is 5.69 Å². The van der Waals surface area contributed by atoms with Gasteiger partial charge in [-0.25, -0.2) is 5.21 Å². The molecule has 0 aliphatic carbocycles. The molecule has 0 bridgehead atoms. The van der Waals surface area contributed by atoms with Crippen LogP contribution in [0.1, 0.15) is 10.5 Å². The number of nitrogens with one attached hydrogen (secondary N) is 2. The molecule has 3 N–H and O–H groups in total. The maximum Gasteiger partial charge on any atom is 0.316 e. The van der Waals surface area contributed by atoms with Gasteiger partial charge in [-0.15, -0.1) is 0 Å². The second-order valence-corrected chi connectivity index (χ2v) is 7.93. The Morgan fingerprint density at radius 3 is 2.57 bits per heavy atom. The minimum absolute atomic E-state index is 0.0304. The summed E-state index contributed by atoms with van der Waals surface area (Å²) in [6.07, 6.45) is 0. The molecule has 1 aromatic heterocycles. The molecule has 2 aromatic carbocycles. The Morgan fingerprint density at radius 1 is 1.14 bits per heavy atom. The molecule has 12 heteroatoms. The molecule has 1 aliphatic rings. The zero-order valence-electron chi connectivity index (χ0n) is 19.3. The normalized spacial score (nSPS) is 14.0. The van der Waals surface area contributed by atoms with Gasteiger partial charge in [-0.05, 0) is 18.2 Å². The number of para-hydroxylation sites is 1. The Hall–Kier alpha value is -4.03. The lowest BCUT2D eigenvalue weighted by molar-refractivity contribution is -0.729. The van der Waals surface area contributed by atoms with Gasteiger partial charge in [0.2, 0.25) is 5.91 Å². The average molecular weight is 484 g/mol. The molecular weight excluding hydrogens is 456 g/mol. The van der Waals surface area contributed by atoms with Crippen LogP contribution >= 0.6 is 0 Å². The van der Waals surface area contributed by atoms with Gasteiger partial charge in [0.05, 0.1) is 38.3 Å². The third kappa shape index (κ3) is 5.73. The van der Waals surface area contributed by atoms with E-state index in [1.54, 1.807) is 23.9 Å². The number of nitrogens with zero attached hydrogens (tertiary/aromatic N) is 4. The molecule has 0 unspecified atom stereocenters. The molecule has 0 spiro atoms. The molecule has 184 valence electrons. The van der Waals surface area contributed by atoms with E-state index in [0.29, 0.717) is 42.1 Å². The number of morpholine rings is 1. The summed E-state index contributed by atoms with van der Waals surface area (Å²) in [4.78, 5) is 38.1. The van der Waals surface area contributed by atoms with Crippen molar-refractivity contribution < 1.29 is 29.2 Å². The van der Waals surface area contributed by atoms with Gasteiger partial charge in [0.1, 0.15) is 11.3 Å². The second-order valence-electron chi connectivity index (χ2n) is 7.93. The van der Waals surface area contributed by atoms with Crippen LogP contribution in [0.3, 0.4) is 0 Å². The van der Waals surface area contributed by atoms with Crippen LogP contribution in [0, 0.1) is 4.91 Å². The number of ether oxygens (including phenoxy) is 2. The predicted molar refractivity (Wildman–Crippen MR) is 126 cm³/mol. The number of carbonyl (C=O) groups is 2. The first kappa shape index (κ1) is 24.1. The zero-order valence-corrected chi connectivity index (χ0v) is 19.3. The number of rotatable bonds is 9. The van der Waals surface area contributed by atoms with Crippen LogP contribution in [0.25, 0.3) is 10.9 Å². The second kappa shape index (κ2) is 10.9. The van der Waals surface area contributed by atoms with Gasteiger partial charge < -0.3 is 20.1 Å². The van der Waals surface area contributed by atoms with E-state index in [1.807, 2.05) is 6.07 Å². The predicted octanol–water partition coefficient (Wildman–Crippen LogP) is 1.55.